The normalized spacial score (nSPS) is 12.0. The third-order valence-electron chi connectivity index (χ3n) is 3.36. The van der Waals surface area contributed by atoms with E-state index in [0.717, 1.165) is 18.8 Å². The first kappa shape index (κ1) is 17.5. The topological polar surface area (TPSA) is 38.4 Å². The van der Waals surface area contributed by atoms with Crippen molar-refractivity contribution >= 4 is 5.84 Å². The number of unbranched alkanes of at least 4 members (excludes halogenated alkanes) is 9. The number of rotatable bonds is 13. The molecule has 0 atom stereocenters. The number of amidine groups is 1. The number of hydrogen-bond donors (Lipinski definition) is 1. The van der Waals surface area contributed by atoms with E-state index in [0.29, 0.717) is 0 Å². The van der Waals surface area contributed by atoms with Gasteiger partial charge in [0.15, 0.2) is 0 Å². The summed E-state index contributed by atoms with van der Waals surface area (Å²) >= 11 is 0. The Morgan fingerprint density at radius 3 is 1.83 bits per heavy atom. The molecule has 0 saturated carbocycles. The number of nitrogens with zero attached hydrogens (tertiary/aromatic N) is 1. The number of hydrogen-bond acceptors (Lipinski definition) is 1. The van der Waals surface area contributed by atoms with Crippen LogP contribution in [0.2, 0.25) is 0 Å². The highest BCUT2D eigenvalue weighted by Gasteiger charge is 1.94. The Morgan fingerprint density at radius 2 is 1.22 bits per heavy atom. The second-order valence-corrected chi connectivity index (χ2v) is 5.31. The molecule has 18 heavy (non-hydrogen) atoms. The lowest BCUT2D eigenvalue weighted by Crippen LogP contribution is -2.12. The molecule has 0 spiro atoms. The van der Waals surface area contributed by atoms with Crippen molar-refractivity contribution in [1.82, 2.24) is 0 Å². The largest absolute Gasteiger partial charge is 0.387 e. The molecule has 0 saturated heterocycles. The van der Waals surface area contributed by atoms with Gasteiger partial charge in [-0.3, -0.25) is 4.99 Å². The van der Waals surface area contributed by atoms with Crippen LogP contribution in [0.1, 0.15) is 90.9 Å². The summed E-state index contributed by atoms with van der Waals surface area (Å²) in [5, 5.41) is 0. The summed E-state index contributed by atoms with van der Waals surface area (Å²) in [6, 6.07) is 0. The zero-order valence-electron chi connectivity index (χ0n) is 12.7. The predicted octanol–water partition coefficient (Wildman–Crippen LogP) is 5.06. The van der Waals surface area contributed by atoms with Crippen molar-refractivity contribution in [3.05, 3.63) is 0 Å². The van der Waals surface area contributed by atoms with Crippen molar-refractivity contribution < 1.29 is 0 Å². The molecule has 2 N–H and O–H groups in total. The Balaban J connectivity index is 3.25. The van der Waals surface area contributed by atoms with Crippen LogP contribution in [0.25, 0.3) is 0 Å². The van der Waals surface area contributed by atoms with E-state index in [1.807, 2.05) is 0 Å². The van der Waals surface area contributed by atoms with Gasteiger partial charge < -0.3 is 5.73 Å². The van der Waals surface area contributed by atoms with Crippen LogP contribution in [-0.4, -0.2) is 12.4 Å². The molecule has 0 aliphatic rings. The third-order valence-corrected chi connectivity index (χ3v) is 3.36. The molecule has 0 aromatic heterocycles. The maximum Gasteiger partial charge on any atom is 0.0937 e. The molecule has 0 bridgehead atoms. The van der Waals surface area contributed by atoms with Crippen LogP contribution in [0.4, 0.5) is 0 Å². The van der Waals surface area contributed by atoms with E-state index < -0.39 is 0 Å². The highest BCUT2D eigenvalue weighted by molar-refractivity contribution is 5.80. The molecule has 0 aromatic carbocycles. The Labute approximate surface area is 114 Å². The van der Waals surface area contributed by atoms with Crippen LogP contribution < -0.4 is 5.73 Å². The van der Waals surface area contributed by atoms with E-state index in [-0.39, 0.29) is 0 Å². The Morgan fingerprint density at radius 1 is 0.722 bits per heavy atom. The van der Waals surface area contributed by atoms with Gasteiger partial charge in [-0.05, 0) is 12.8 Å². The van der Waals surface area contributed by atoms with E-state index in [1.165, 1.54) is 70.6 Å². The summed E-state index contributed by atoms with van der Waals surface area (Å²) in [5.41, 5.74) is 5.90. The van der Waals surface area contributed by atoms with Gasteiger partial charge in [-0.2, -0.15) is 0 Å². The first-order chi connectivity index (χ1) is 8.81. The average molecular weight is 254 g/mol. The van der Waals surface area contributed by atoms with Gasteiger partial charge in [-0.15, -0.1) is 0 Å². The highest BCUT2D eigenvalue weighted by atomic mass is 14.8. The minimum absolute atomic E-state index is 0.875. The van der Waals surface area contributed by atoms with Gasteiger partial charge >= 0.3 is 0 Å². The van der Waals surface area contributed by atoms with Crippen molar-refractivity contribution in [2.75, 3.05) is 6.54 Å². The summed E-state index contributed by atoms with van der Waals surface area (Å²) in [6.45, 7) is 5.44. The summed E-state index contributed by atoms with van der Waals surface area (Å²) in [7, 11) is 0. The molecule has 0 amide bonds. The van der Waals surface area contributed by atoms with Crippen molar-refractivity contribution in [3.63, 3.8) is 0 Å². The lowest BCUT2D eigenvalue weighted by atomic mass is 10.1. The molecule has 108 valence electrons. The van der Waals surface area contributed by atoms with E-state index >= 15 is 0 Å². The molecule has 2 nitrogen and oxygen atoms in total. The van der Waals surface area contributed by atoms with Crippen molar-refractivity contribution in [1.29, 1.82) is 0 Å². The molecule has 0 rings (SSSR count). The second kappa shape index (κ2) is 14.5. The Hall–Kier alpha value is -0.530. The van der Waals surface area contributed by atoms with Gasteiger partial charge in [0, 0.05) is 13.0 Å². The summed E-state index contributed by atoms with van der Waals surface area (Å²) in [4.78, 5) is 4.45. The van der Waals surface area contributed by atoms with Crippen LogP contribution in [0.3, 0.4) is 0 Å². The zero-order chi connectivity index (χ0) is 13.5. The van der Waals surface area contributed by atoms with Crippen molar-refractivity contribution in [2.24, 2.45) is 10.7 Å². The second-order valence-electron chi connectivity index (χ2n) is 5.31. The van der Waals surface area contributed by atoms with Gasteiger partial charge in [-0.1, -0.05) is 71.6 Å². The van der Waals surface area contributed by atoms with Crippen molar-refractivity contribution in [2.45, 2.75) is 90.9 Å². The maximum absolute atomic E-state index is 5.90. The molecule has 0 aliphatic heterocycles. The lowest BCUT2D eigenvalue weighted by molar-refractivity contribution is 0.611. The van der Waals surface area contributed by atoms with Crippen LogP contribution >= 0.6 is 0 Å². The molecule has 0 aliphatic carbocycles. The minimum atomic E-state index is 0.875. The number of aliphatic imine (C=N–C) groups is 1. The van der Waals surface area contributed by atoms with E-state index in [2.05, 4.69) is 18.8 Å². The van der Waals surface area contributed by atoms with Gasteiger partial charge in [-0.25, -0.2) is 0 Å². The summed E-state index contributed by atoms with van der Waals surface area (Å²) in [6.07, 6.45) is 15.5. The van der Waals surface area contributed by atoms with Crippen LogP contribution in [0.5, 0.6) is 0 Å². The van der Waals surface area contributed by atoms with Gasteiger partial charge in [0.2, 0.25) is 0 Å². The van der Waals surface area contributed by atoms with Crippen LogP contribution in [0.15, 0.2) is 4.99 Å². The SMILES string of the molecule is CCCCCCCCN=C(N)CCCCCCC. The maximum atomic E-state index is 5.90. The van der Waals surface area contributed by atoms with Gasteiger partial charge in [0.25, 0.3) is 0 Å². The molecular formula is C16H34N2. The molecule has 0 heterocycles. The van der Waals surface area contributed by atoms with E-state index in [9.17, 15) is 0 Å². The first-order valence-corrected chi connectivity index (χ1v) is 8.10. The monoisotopic (exact) mass is 254 g/mol. The summed E-state index contributed by atoms with van der Waals surface area (Å²) in [5.74, 6) is 0.875. The minimum Gasteiger partial charge on any atom is -0.387 e. The van der Waals surface area contributed by atoms with Gasteiger partial charge in [0.1, 0.15) is 0 Å². The molecule has 0 fully saturated rings. The fourth-order valence-corrected chi connectivity index (χ4v) is 2.10. The quantitative estimate of drug-likeness (QED) is 0.278. The Kier molecular flexibility index (Phi) is 14.1. The van der Waals surface area contributed by atoms with Crippen LogP contribution in [0, 0.1) is 0 Å². The Bertz CT molecular complexity index is 188. The predicted molar refractivity (Wildman–Crippen MR) is 83.2 cm³/mol. The molecular weight excluding hydrogens is 220 g/mol. The molecule has 0 unspecified atom stereocenters. The van der Waals surface area contributed by atoms with Crippen LogP contribution in [-0.2, 0) is 0 Å². The third kappa shape index (κ3) is 13.5. The fourth-order valence-electron chi connectivity index (χ4n) is 2.10. The van der Waals surface area contributed by atoms with Gasteiger partial charge in [0.05, 0.1) is 5.84 Å². The molecule has 0 radical (unpaired) electrons. The average Bonchev–Trinajstić information content (AvgIpc) is 2.37. The molecule has 0 aromatic rings. The van der Waals surface area contributed by atoms with Crippen molar-refractivity contribution in [3.8, 4) is 0 Å². The van der Waals surface area contributed by atoms with E-state index in [4.69, 9.17) is 5.73 Å². The lowest BCUT2D eigenvalue weighted by Gasteiger charge is -2.02. The fraction of sp³-hybridized carbons (Fsp3) is 0.938. The summed E-state index contributed by atoms with van der Waals surface area (Å²) < 4.78 is 0. The van der Waals surface area contributed by atoms with E-state index in [1.54, 1.807) is 0 Å². The first-order valence-electron chi connectivity index (χ1n) is 8.10. The smallest absolute Gasteiger partial charge is 0.0937 e. The zero-order valence-corrected chi connectivity index (χ0v) is 12.7. The number of nitrogens with two attached hydrogens (primary N) is 1. The highest BCUT2D eigenvalue weighted by Crippen LogP contribution is 2.06. The molecule has 2 heteroatoms. The standard InChI is InChI=1S/C16H34N2/c1-3-5-7-9-11-13-15-18-16(17)14-12-10-8-6-4-2/h3-15H2,1-2H3,(H2,17,18).